The minimum atomic E-state index is -0.433. The lowest BCUT2D eigenvalue weighted by molar-refractivity contribution is -0.121. The summed E-state index contributed by atoms with van der Waals surface area (Å²) in [4.78, 5) is 9.70. The fourth-order valence-electron chi connectivity index (χ4n) is 1.66. The summed E-state index contributed by atoms with van der Waals surface area (Å²) in [6, 6.07) is 8.74. The van der Waals surface area contributed by atoms with Crippen molar-refractivity contribution in [2.45, 2.75) is 19.3 Å². The van der Waals surface area contributed by atoms with E-state index in [9.17, 15) is 4.79 Å². The molecular weight excluding hydrogens is 190 g/mol. The Bertz CT molecular complexity index is 300. The van der Waals surface area contributed by atoms with Gasteiger partial charge in [0.1, 0.15) is 6.61 Å². The van der Waals surface area contributed by atoms with Crippen molar-refractivity contribution in [3.63, 3.8) is 0 Å². The maximum Gasteiger partial charge on any atom is 0.243 e. The molecular formula is C12H17NO2. The van der Waals surface area contributed by atoms with Crippen LogP contribution in [0.5, 0.6) is 0 Å². The smallest absolute Gasteiger partial charge is 0.243 e. The number of fused-ring (bicyclic) bond motifs is 1. The molecule has 0 unspecified atom stereocenters. The SMILES string of the molecule is COCC(N)=O.c1ccc2c(c1)CCC2. The number of rotatable bonds is 2. The van der Waals surface area contributed by atoms with Crippen LogP contribution in [0.2, 0.25) is 0 Å². The molecule has 2 rings (SSSR count). The van der Waals surface area contributed by atoms with Crippen LogP contribution in [0.15, 0.2) is 24.3 Å². The van der Waals surface area contributed by atoms with E-state index in [2.05, 4.69) is 34.7 Å². The van der Waals surface area contributed by atoms with Gasteiger partial charge < -0.3 is 10.5 Å². The van der Waals surface area contributed by atoms with Crippen LogP contribution in [0.1, 0.15) is 17.5 Å². The lowest BCUT2D eigenvalue weighted by Gasteiger charge is -1.93. The highest BCUT2D eigenvalue weighted by Gasteiger charge is 2.07. The van der Waals surface area contributed by atoms with Crippen molar-refractivity contribution < 1.29 is 9.53 Å². The summed E-state index contributed by atoms with van der Waals surface area (Å²) in [6.45, 7) is 0.0139. The van der Waals surface area contributed by atoms with E-state index in [0.717, 1.165) is 0 Å². The Morgan fingerprint density at radius 2 is 1.87 bits per heavy atom. The highest BCUT2D eigenvalue weighted by Crippen LogP contribution is 2.20. The Labute approximate surface area is 90.2 Å². The van der Waals surface area contributed by atoms with Crippen LogP contribution >= 0.6 is 0 Å². The average molecular weight is 207 g/mol. The van der Waals surface area contributed by atoms with Crippen molar-refractivity contribution in [1.29, 1.82) is 0 Å². The van der Waals surface area contributed by atoms with Gasteiger partial charge in [0, 0.05) is 7.11 Å². The molecule has 0 heterocycles. The maximum atomic E-state index is 9.70. The summed E-state index contributed by atoms with van der Waals surface area (Å²) in [5.74, 6) is -0.433. The van der Waals surface area contributed by atoms with E-state index < -0.39 is 5.91 Å². The van der Waals surface area contributed by atoms with Crippen molar-refractivity contribution in [1.82, 2.24) is 0 Å². The molecule has 0 aliphatic heterocycles. The molecule has 0 saturated carbocycles. The number of carbonyl (C=O) groups is 1. The fourth-order valence-corrected chi connectivity index (χ4v) is 1.66. The summed E-state index contributed by atoms with van der Waals surface area (Å²) < 4.78 is 4.33. The Morgan fingerprint density at radius 1 is 1.33 bits per heavy atom. The summed E-state index contributed by atoms with van der Waals surface area (Å²) in [6.07, 6.45) is 3.96. The number of amides is 1. The van der Waals surface area contributed by atoms with E-state index >= 15 is 0 Å². The third-order valence-electron chi connectivity index (χ3n) is 2.30. The molecule has 1 amide bonds. The first-order chi connectivity index (χ1) is 7.24. The van der Waals surface area contributed by atoms with Crippen LogP contribution in [0.4, 0.5) is 0 Å². The largest absolute Gasteiger partial charge is 0.375 e. The molecule has 3 heteroatoms. The molecule has 82 valence electrons. The summed E-state index contributed by atoms with van der Waals surface area (Å²) in [5.41, 5.74) is 7.77. The van der Waals surface area contributed by atoms with Crippen LogP contribution in [0, 0.1) is 0 Å². The van der Waals surface area contributed by atoms with Gasteiger partial charge in [-0.05, 0) is 30.4 Å². The molecule has 1 aromatic rings. The quantitative estimate of drug-likeness (QED) is 0.794. The van der Waals surface area contributed by atoms with Crippen LogP contribution in [0.25, 0.3) is 0 Å². The number of nitrogens with two attached hydrogens (primary N) is 1. The molecule has 2 N–H and O–H groups in total. The third-order valence-corrected chi connectivity index (χ3v) is 2.30. The number of hydrogen-bond donors (Lipinski definition) is 1. The second-order valence-electron chi connectivity index (χ2n) is 3.52. The fraction of sp³-hybridized carbons (Fsp3) is 0.417. The number of ether oxygens (including phenoxy) is 1. The van der Waals surface area contributed by atoms with Crippen LogP contribution in [0.3, 0.4) is 0 Å². The first kappa shape index (κ1) is 11.7. The topological polar surface area (TPSA) is 52.3 Å². The summed E-state index contributed by atoms with van der Waals surface area (Å²) in [7, 11) is 1.42. The van der Waals surface area contributed by atoms with E-state index in [-0.39, 0.29) is 6.61 Å². The standard InChI is InChI=1S/C9H10.C3H7NO2/c1-2-5-9-7-3-6-8(9)4-1;1-6-2-3(4)5/h1-2,4-5H,3,6-7H2;2H2,1H3,(H2,4,5). The normalized spacial score (nSPS) is 12.6. The zero-order chi connectivity index (χ0) is 11.1. The second-order valence-corrected chi connectivity index (χ2v) is 3.52. The zero-order valence-electron chi connectivity index (χ0n) is 9.03. The Hall–Kier alpha value is -1.35. The summed E-state index contributed by atoms with van der Waals surface area (Å²) >= 11 is 0. The molecule has 0 spiro atoms. The molecule has 0 fully saturated rings. The van der Waals surface area contributed by atoms with Crippen molar-refractivity contribution in [2.24, 2.45) is 5.73 Å². The van der Waals surface area contributed by atoms with Crippen molar-refractivity contribution in [3.8, 4) is 0 Å². The van der Waals surface area contributed by atoms with Gasteiger partial charge in [0.25, 0.3) is 0 Å². The Kier molecular flexibility index (Phi) is 4.84. The van der Waals surface area contributed by atoms with Crippen LogP contribution < -0.4 is 5.73 Å². The highest BCUT2D eigenvalue weighted by atomic mass is 16.5. The number of carbonyl (C=O) groups excluding carboxylic acids is 1. The van der Waals surface area contributed by atoms with Gasteiger partial charge in [-0.1, -0.05) is 24.3 Å². The number of benzene rings is 1. The predicted octanol–water partition coefficient (Wildman–Crippen LogP) is 1.29. The lowest BCUT2D eigenvalue weighted by Crippen LogP contribution is -2.16. The van der Waals surface area contributed by atoms with Crippen molar-refractivity contribution in [2.75, 3.05) is 13.7 Å². The Morgan fingerprint density at radius 3 is 2.20 bits per heavy atom. The number of primary amides is 1. The van der Waals surface area contributed by atoms with E-state index in [1.807, 2.05) is 0 Å². The van der Waals surface area contributed by atoms with Crippen LogP contribution in [-0.2, 0) is 22.4 Å². The van der Waals surface area contributed by atoms with Gasteiger partial charge in [0.05, 0.1) is 0 Å². The number of methoxy groups -OCH3 is 1. The monoisotopic (exact) mass is 207 g/mol. The lowest BCUT2D eigenvalue weighted by atomic mass is 10.1. The maximum absolute atomic E-state index is 9.70. The van der Waals surface area contributed by atoms with Gasteiger partial charge in [-0.2, -0.15) is 0 Å². The predicted molar refractivity (Wildman–Crippen MR) is 59.5 cm³/mol. The first-order valence-corrected chi connectivity index (χ1v) is 5.08. The molecule has 1 aromatic carbocycles. The van der Waals surface area contributed by atoms with Crippen molar-refractivity contribution >= 4 is 5.91 Å². The number of hydrogen-bond acceptors (Lipinski definition) is 2. The molecule has 0 aromatic heterocycles. The minimum Gasteiger partial charge on any atom is -0.375 e. The van der Waals surface area contributed by atoms with Gasteiger partial charge >= 0.3 is 0 Å². The molecule has 1 aliphatic rings. The zero-order valence-corrected chi connectivity index (χ0v) is 9.03. The Balaban J connectivity index is 0.000000167. The van der Waals surface area contributed by atoms with Gasteiger partial charge in [-0.25, -0.2) is 0 Å². The van der Waals surface area contributed by atoms with Gasteiger partial charge in [0.15, 0.2) is 0 Å². The first-order valence-electron chi connectivity index (χ1n) is 5.08. The highest BCUT2D eigenvalue weighted by molar-refractivity contribution is 5.74. The van der Waals surface area contributed by atoms with Crippen LogP contribution in [-0.4, -0.2) is 19.6 Å². The third kappa shape index (κ3) is 4.13. The van der Waals surface area contributed by atoms with E-state index in [1.165, 1.54) is 26.4 Å². The van der Waals surface area contributed by atoms with E-state index in [1.54, 1.807) is 11.1 Å². The molecule has 3 nitrogen and oxygen atoms in total. The molecule has 0 saturated heterocycles. The number of aryl methyl sites for hydroxylation is 2. The van der Waals surface area contributed by atoms with Gasteiger partial charge in [-0.3, -0.25) is 4.79 Å². The molecule has 1 aliphatic carbocycles. The molecule has 15 heavy (non-hydrogen) atoms. The minimum absolute atomic E-state index is 0.0139. The second kappa shape index (κ2) is 6.19. The van der Waals surface area contributed by atoms with E-state index in [4.69, 9.17) is 0 Å². The van der Waals surface area contributed by atoms with Gasteiger partial charge in [0.2, 0.25) is 5.91 Å². The average Bonchev–Trinajstić information content (AvgIpc) is 2.65. The molecule has 0 bridgehead atoms. The summed E-state index contributed by atoms with van der Waals surface area (Å²) in [5, 5.41) is 0. The molecule has 0 radical (unpaired) electrons. The molecule has 0 atom stereocenters. The van der Waals surface area contributed by atoms with Crippen molar-refractivity contribution in [3.05, 3.63) is 35.4 Å². The van der Waals surface area contributed by atoms with Gasteiger partial charge in [-0.15, -0.1) is 0 Å². The van der Waals surface area contributed by atoms with E-state index in [0.29, 0.717) is 0 Å².